The summed E-state index contributed by atoms with van der Waals surface area (Å²) in [6, 6.07) is 11.4. The Hall–Kier alpha value is -3.53. The van der Waals surface area contributed by atoms with Gasteiger partial charge in [0.05, 0.1) is 6.20 Å². The van der Waals surface area contributed by atoms with Gasteiger partial charge < -0.3 is 14.5 Å². The lowest BCUT2D eigenvalue weighted by Gasteiger charge is -2.07. The fourth-order valence-corrected chi connectivity index (χ4v) is 3.21. The van der Waals surface area contributed by atoms with E-state index < -0.39 is 5.91 Å². The van der Waals surface area contributed by atoms with E-state index in [0.717, 1.165) is 18.6 Å². The first-order valence-corrected chi connectivity index (χ1v) is 8.71. The van der Waals surface area contributed by atoms with Gasteiger partial charge in [-0.1, -0.05) is 6.07 Å². The molecular formula is C20H18N4O3. The minimum atomic E-state index is -0.445. The zero-order valence-corrected chi connectivity index (χ0v) is 14.9. The zero-order chi connectivity index (χ0) is 18.8. The van der Waals surface area contributed by atoms with Gasteiger partial charge in [0.2, 0.25) is 0 Å². The predicted molar refractivity (Wildman–Crippen MR) is 97.4 cm³/mol. The first kappa shape index (κ1) is 16.9. The highest BCUT2D eigenvalue weighted by molar-refractivity contribution is 6.02. The molecule has 1 N–H and O–H groups in total. The van der Waals surface area contributed by atoms with Crippen LogP contribution < -0.4 is 10.1 Å². The van der Waals surface area contributed by atoms with E-state index in [2.05, 4.69) is 22.5 Å². The van der Waals surface area contributed by atoms with Gasteiger partial charge in [-0.25, -0.2) is 0 Å². The number of carbonyl (C=O) groups excluding carboxylic acids is 1. The van der Waals surface area contributed by atoms with Crippen LogP contribution in [-0.4, -0.2) is 15.7 Å². The molecule has 2 heterocycles. The van der Waals surface area contributed by atoms with Crippen molar-refractivity contribution < 1.29 is 13.9 Å². The van der Waals surface area contributed by atoms with Gasteiger partial charge in [0.1, 0.15) is 35.6 Å². The van der Waals surface area contributed by atoms with Gasteiger partial charge >= 0.3 is 0 Å². The lowest BCUT2D eigenvalue weighted by atomic mass is 10.1. The molecule has 0 spiro atoms. The highest BCUT2D eigenvalue weighted by Crippen LogP contribution is 2.26. The number of hydrogen-bond acceptors (Lipinski definition) is 5. The molecular weight excluding hydrogens is 344 g/mol. The molecule has 0 saturated heterocycles. The topological polar surface area (TPSA) is 93.1 Å². The number of carbonyl (C=O) groups is 1. The average molecular weight is 362 g/mol. The number of aromatic nitrogens is 2. The van der Waals surface area contributed by atoms with Crippen LogP contribution in [0.15, 0.2) is 40.9 Å². The Labute approximate surface area is 156 Å². The Morgan fingerprint density at radius 2 is 2.19 bits per heavy atom. The van der Waals surface area contributed by atoms with Gasteiger partial charge in [0.15, 0.2) is 5.76 Å². The summed E-state index contributed by atoms with van der Waals surface area (Å²) in [6.45, 7) is 0.237. The van der Waals surface area contributed by atoms with E-state index in [1.165, 1.54) is 28.4 Å². The molecule has 0 bridgehead atoms. The van der Waals surface area contributed by atoms with Crippen molar-refractivity contribution in [3.8, 4) is 11.8 Å². The van der Waals surface area contributed by atoms with E-state index in [1.807, 2.05) is 12.1 Å². The molecule has 0 aliphatic heterocycles. The molecule has 0 atom stereocenters. The Kier molecular flexibility index (Phi) is 4.38. The van der Waals surface area contributed by atoms with E-state index in [-0.39, 0.29) is 17.9 Å². The number of fused-ring (bicyclic) bond motifs is 1. The van der Waals surface area contributed by atoms with E-state index >= 15 is 0 Å². The largest absolute Gasteiger partial charge is 0.486 e. The van der Waals surface area contributed by atoms with Crippen LogP contribution in [0, 0.1) is 11.3 Å². The van der Waals surface area contributed by atoms with Gasteiger partial charge in [-0.15, -0.1) is 0 Å². The Bertz CT molecular complexity index is 1040. The summed E-state index contributed by atoms with van der Waals surface area (Å²) in [5.41, 5.74) is 3.03. The highest BCUT2D eigenvalue weighted by atomic mass is 16.5. The maximum Gasteiger partial charge on any atom is 0.292 e. The number of furan rings is 1. The highest BCUT2D eigenvalue weighted by Gasteiger charge is 2.17. The molecule has 136 valence electrons. The molecule has 1 aliphatic carbocycles. The molecule has 0 saturated carbocycles. The molecule has 7 heteroatoms. The molecule has 0 radical (unpaired) electrons. The van der Waals surface area contributed by atoms with Crippen molar-refractivity contribution in [3.05, 3.63) is 64.7 Å². The third kappa shape index (κ3) is 3.42. The van der Waals surface area contributed by atoms with Crippen molar-refractivity contribution in [2.24, 2.45) is 7.05 Å². The first-order valence-electron chi connectivity index (χ1n) is 8.71. The quantitative estimate of drug-likeness (QED) is 0.752. The maximum atomic E-state index is 12.4. The van der Waals surface area contributed by atoms with Crippen LogP contribution in [0.25, 0.3) is 0 Å². The molecule has 2 aromatic heterocycles. The molecule has 3 aromatic rings. The predicted octanol–water partition coefficient (Wildman–Crippen LogP) is 3.20. The maximum absolute atomic E-state index is 12.4. The van der Waals surface area contributed by atoms with Crippen molar-refractivity contribution in [3.63, 3.8) is 0 Å². The summed E-state index contributed by atoms with van der Waals surface area (Å²) in [5.74, 6) is 1.37. The van der Waals surface area contributed by atoms with Gasteiger partial charge in [-0.05, 0) is 54.7 Å². The SMILES string of the molecule is Cn1ncc(C#N)c1NC(=O)c1ccc(COc2ccc3c(c2)CCC3)o1. The minimum absolute atomic E-state index is 0.146. The van der Waals surface area contributed by atoms with E-state index in [4.69, 9.17) is 14.4 Å². The minimum Gasteiger partial charge on any atom is -0.486 e. The third-order valence-corrected chi connectivity index (χ3v) is 4.63. The molecule has 1 aliphatic rings. The van der Waals surface area contributed by atoms with Crippen LogP contribution in [0.3, 0.4) is 0 Å². The average Bonchev–Trinajstić information content (AvgIpc) is 3.40. The van der Waals surface area contributed by atoms with Crippen LogP contribution >= 0.6 is 0 Å². The first-order chi connectivity index (χ1) is 13.1. The molecule has 0 unspecified atom stereocenters. The van der Waals surface area contributed by atoms with Gasteiger partial charge in [-0.2, -0.15) is 10.4 Å². The fourth-order valence-electron chi connectivity index (χ4n) is 3.21. The van der Waals surface area contributed by atoms with Crippen molar-refractivity contribution in [1.29, 1.82) is 5.26 Å². The second kappa shape index (κ2) is 7.00. The number of anilines is 1. The van der Waals surface area contributed by atoms with Crippen molar-refractivity contribution >= 4 is 11.7 Å². The molecule has 4 rings (SSSR count). The lowest BCUT2D eigenvalue weighted by Crippen LogP contribution is -2.14. The summed E-state index contributed by atoms with van der Waals surface area (Å²) in [6.07, 6.45) is 4.82. The summed E-state index contributed by atoms with van der Waals surface area (Å²) in [4.78, 5) is 12.4. The standard InChI is InChI=1S/C20H18N4O3/c1-24-19(15(10-21)11-22-24)23-20(25)18-8-7-17(27-18)12-26-16-6-5-13-3-2-4-14(13)9-16/h5-9,11H,2-4,12H2,1H3,(H,23,25). The number of hydrogen-bond donors (Lipinski definition) is 1. The van der Waals surface area contributed by atoms with Crippen molar-refractivity contribution in [1.82, 2.24) is 9.78 Å². The third-order valence-electron chi connectivity index (χ3n) is 4.63. The van der Waals surface area contributed by atoms with Crippen LogP contribution in [0.5, 0.6) is 5.75 Å². The van der Waals surface area contributed by atoms with Crippen molar-refractivity contribution in [2.75, 3.05) is 5.32 Å². The van der Waals surface area contributed by atoms with Gasteiger partial charge in [-0.3, -0.25) is 9.48 Å². The normalized spacial score (nSPS) is 12.4. The molecule has 27 heavy (non-hydrogen) atoms. The summed E-state index contributed by atoms with van der Waals surface area (Å²) in [7, 11) is 1.65. The van der Waals surface area contributed by atoms with E-state index in [9.17, 15) is 4.79 Å². The number of nitriles is 1. The van der Waals surface area contributed by atoms with Crippen LogP contribution in [0.2, 0.25) is 0 Å². The monoisotopic (exact) mass is 362 g/mol. The van der Waals surface area contributed by atoms with Crippen LogP contribution in [0.1, 0.15) is 39.4 Å². The van der Waals surface area contributed by atoms with E-state index in [0.29, 0.717) is 11.6 Å². The molecule has 0 fully saturated rings. The number of amides is 1. The van der Waals surface area contributed by atoms with Gasteiger partial charge in [0.25, 0.3) is 5.91 Å². The summed E-state index contributed by atoms with van der Waals surface area (Å²) >= 11 is 0. The number of nitrogens with zero attached hydrogens (tertiary/aromatic N) is 3. The Morgan fingerprint density at radius 1 is 1.33 bits per heavy atom. The van der Waals surface area contributed by atoms with Crippen LogP contribution in [-0.2, 0) is 26.5 Å². The second-order valence-electron chi connectivity index (χ2n) is 6.44. The van der Waals surface area contributed by atoms with E-state index in [1.54, 1.807) is 19.2 Å². The Balaban J connectivity index is 1.40. The number of nitrogens with one attached hydrogen (secondary N) is 1. The molecule has 1 amide bonds. The smallest absolute Gasteiger partial charge is 0.292 e. The summed E-state index contributed by atoms with van der Waals surface area (Å²) in [5, 5.41) is 15.7. The fraction of sp³-hybridized carbons (Fsp3) is 0.250. The Morgan fingerprint density at radius 3 is 3.04 bits per heavy atom. The summed E-state index contributed by atoms with van der Waals surface area (Å²) < 4.78 is 12.8. The number of aryl methyl sites for hydroxylation is 3. The molecule has 1 aromatic carbocycles. The number of rotatable bonds is 5. The number of ether oxygens (including phenoxy) is 1. The zero-order valence-electron chi connectivity index (χ0n) is 14.9. The van der Waals surface area contributed by atoms with Crippen LogP contribution in [0.4, 0.5) is 5.82 Å². The van der Waals surface area contributed by atoms with Gasteiger partial charge in [0, 0.05) is 7.05 Å². The lowest BCUT2D eigenvalue weighted by molar-refractivity contribution is 0.0991. The van der Waals surface area contributed by atoms with Crippen molar-refractivity contribution in [2.45, 2.75) is 25.9 Å². The second-order valence-corrected chi connectivity index (χ2v) is 6.44. The molecule has 7 nitrogen and oxygen atoms in total. The number of benzene rings is 1.